The lowest BCUT2D eigenvalue weighted by atomic mass is 10.0. The first-order valence-corrected chi connectivity index (χ1v) is 11.5. The molecule has 6 heteroatoms. The summed E-state index contributed by atoms with van der Waals surface area (Å²) in [6.07, 6.45) is 1.53. The summed E-state index contributed by atoms with van der Waals surface area (Å²) in [5.74, 6) is -0.316. The Kier molecular flexibility index (Phi) is 6.44. The summed E-state index contributed by atoms with van der Waals surface area (Å²) in [5.41, 5.74) is 3.47. The third-order valence-corrected chi connectivity index (χ3v) is 5.97. The summed E-state index contributed by atoms with van der Waals surface area (Å²) in [4.78, 5) is 29.3. The summed E-state index contributed by atoms with van der Waals surface area (Å²) >= 11 is 0. The summed E-state index contributed by atoms with van der Waals surface area (Å²) in [6.45, 7) is 0.122. The molecular weight excluding hydrogens is 438 g/mol. The van der Waals surface area contributed by atoms with Gasteiger partial charge in [-0.25, -0.2) is 4.79 Å². The molecule has 2 amide bonds. The average molecular weight is 464 g/mol. The maximum Gasteiger partial charge on any atom is 0.408 e. The lowest BCUT2D eigenvalue weighted by Gasteiger charge is -2.19. The standard InChI is InChI=1S/C29H25N3O3/c33-28(31-26-16-8-12-21-11-4-5-13-23(21)26)27(17-22-18-30-25-15-7-6-14-24(22)25)32-29(34)35-19-20-9-2-1-3-10-20/h1-16,18,27,30H,17,19H2,(H,31,33)(H,32,34)/t27-/m0/s1. The molecule has 1 atom stereocenters. The number of hydrogen-bond donors (Lipinski definition) is 3. The number of ether oxygens (including phenoxy) is 1. The zero-order valence-electron chi connectivity index (χ0n) is 19.0. The normalized spacial score (nSPS) is 11.8. The number of amides is 2. The van der Waals surface area contributed by atoms with E-state index >= 15 is 0 Å². The molecule has 174 valence electrons. The Morgan fingerprint density at radius 2 is 1.51 bits per heavy atom. The molecule has 0 bridgehead atoms. The third kappa shape index (κ3) is 5.17. The van der Waals surface area contributed by atoms with Crippen LogP contribution in [0.15, 0.2) is 103 Å². The number of fused-ring (bicyclic) bond motifs is 2. The monoisotopic (exact) mass is 463 g/mol. The highest BCUT2D eigenvalue weighted by Gasteiger charge is 2.24. The van der Waals surface area contributed by atoms with Crippen LogP contribution in [-0.2, 0) is 22.6 Å². The van der Waals surface area contributed by atoms with E-state index in [0.717, 1.165) is 32.8 Å². The SMILES string of the molecule is O=C(N[C@@H](Cc1c[nH]c2ccccc12)C(=O)Nc1cccc2ccccc12)OCc1ccccc1. The van der Waals surface area contributed by atoms with E-state index in [1.165, 1.54) is 0 Å². The number of hydrogen-bond acceptors (Lipinski definition) is 3. The molecule has 35 heavy (non-hydrogen) atoms. The highest BCUT2D eigenvalue weighted by molar-refractivity contribution is 6.04. The third-order valence-electron chi connectivity index (χ3n) is 5.97. The first kappa shape index (κ1) is 22.2. The van der Waals surface area contributed by atoms with Crippen molar-refractivity contribution >= 4 is 39.4 Å². The van der Waals surface area contributed by atoms with Crippen LogP contribution in [0, 0.1) is 0 Å². The lowest BCUT2D eigenvalue weighted by molar-refractivity contribution is -0.118. The van der Waals surface area contributed by atoms with E-state index in [0.29, 0.717) is 12.1 Å². The van der Waals surface area contributed by atoms with Crippen molar-refractivity contribution in [2.24, 2.45) is 0 Å². The van der Waals surface area contributed by atoms with Crippen molar-refractivity contribution in [1.29, 1.82) is 0 Å². The number of aromatic amines is 1. The fourth-order valence-corrected chi connectivity index (χ4v) is 4.19. The Morgan fingerprint density at radius 3 is 2.37 bits per heavy atom. The number of para-hydroxylation sites is 1. The van der Waals surface area contributed by atoms with Gasteiger partial charge in [0, 0.05) is 34.6 Å². The molecule has 0 spiro atoms. The molecular formula is C29H25N3O3. The van der Waals surface area contributed by atoms with Crippen molar-refractivity contribution in [2.45, 2.75) is 19.1 Å². The van der Waals surface area contributed by atoms with Crippen molar-refractivity contribution in [3.8, 4) is 0 Å². The number of benzene rings is 4. The molecule has 0 saturated carbocycles. The van der Waals surface area contributed by atoms with Crippen molar-refractivity contribution in [1.82, 2.24) is 10.3 Å². The van der Waals surface area contributed by atoms with Crippen molar-refractivity contribution < 1.29 is 14.3 Å². The number of H-pyrrole nitrogens is 1. The highest BCUT2D eigenvalue weighted by Crippen LogP contribution is 2.24. The van der Waals surface area contributed by atoms with Crippen LogP contribution in [0.2, 0.25) is 0 Å². The topological polar surface area (TPSA) is 83.2 Å². The van der Waals surface area contributed by atoms with Gasteiger partial charge in [-0.3, -0.25) is 4.79 Å². The molecule has 0 saturated heterocycles. The van der Waals surface area contributed by atoms with Gasteiger partial charge in [0.15, 0.2) is 0 Å². The lowest BCUT2D eigenvalue weighted by Crippen LogP contribution is -2.45. The van der Waals surface area contributed by atoms with Crippen molar-refractivity contribution in [2.75, 3.05) is 5.32 Å². The number of carbonyl (C=O) groups excluding carboxylic acids is 2. The van der Waals surface area contributed by atoms with E-state index in [9.17, 15) is 9.59 Å². The van der Waals surface area contributed by atoms with Crippen LogP contribution < -0.4 is 10.6 Å². The summed E-state index contributed by atoms with van der Waals surface area (Å²) in [6, 6.07) is 30.1. The Bertz CT molecular complexity index is 1470. The van der Waals surface area contributed by atoms with Gasteiger partial charge in [0.05, 0.1) is 0 Å². The van der Waals surface area contributed by atoms with Gasteiger partial charge < -0.3 is 20.4 Å². The summed E-state index contributed by atoms with van der Waals surface area (Å²) < 4.78 is 5.40. The molecule has 0 aliphatic rings. The van der Waals surface area contributed by atoms with Crippen LogP contribution in [0.5, 0.6) is 0 Å². The molecule has 3 N–H and O–H groups in total. The molecule has 0 unspecified atom stereocenters. The van der Waals surface area contributed by atoms with Crippen LogP contribution >= 0.6 is 0 Å². The number of alkyl carbamates (subject to hydrolysis) is 1. The van der Waals surface area contributed by atoms with Gasteiger partial charge in [-0.15, -0.1) is 0 Å². The average Bonchev–Trinajstić information content (AvgIpc) is 3.31. The number of rotatable bonds is 7. The molecule has 0 aliphatic heterocycles. The van der Waals surface area contributed by atoms with Crippen molar-refractivity contribution in [3.05, 3.63) is 114 Å². The minimum absolute atomic E-state index is 0.122. The van der Waals surface area contributed by atoms with Gasteiger partial charge in [-0.05, 0) is 28.6 Å². The second-order valence-corrected chi connectivity index (χ2v) is 8.34. The molecule has 0 radical (unpaired) electrons. The highest BCUT2D eigenvalue weighted by atomic mass is 16.5. The van der Waals surface area contributed by atoms with E-state index in [-0.39, 0.29) is 12.5 Å². The Hall–Kier alpha value is -4.58. The van der Waals surface area contributed by atoms with Gasteiger partial charge in [0.1, 0.15) is 12.6 Å². The fourth-order valence-electron chi connectivity index (χ4n) is 4.19. The first-order valence-electron chi connectivity index (χ1n) is 11.5. The summed E-state index contributed by atoms with van der Waals surface area (Å²) in [7, 11) is 0. The maximum atomic E-state index is 13.4. The molecule has 1 aromatic heterocycles. The predicted octanol–water partition coefficient (Wildman–Crippen LogP) is 5.80. The smallest absolute Gasteiger partial charge is 0.408 e. The summed E-state index contributed by atoms with van der Waals surface area (Å²) in [5, 5.41) is 8.74. The zero-order chi connectivity index (χ0) is 24.0. The molecule has 0 aliphatic carbocycles. The molecule has 6 nitrogen and oxygen atoms in total. The van der Waals surface area contributed by atoms with Crippen LogP contribution in [0.25, 0.3) is 21.7 Å². The molecule has 5 rings (SSSR count). The largest absolute Gasteiger partial charge is 0.445 e. The molecule has 1 heterocycles. The maximum absolute atomic E-state index is 13.4. The van der Waals surface area contributed by atoms with Crippen molar-refractivity contribution in [3.63, 3.8) is 0 Å². The van der Waals surface area contributed by atoms with Crippen LogP contribution in [-0.4, -0.2) is 23.0 Å². The quantitative estimate of drug-likeness (QED) is 0.285. The van der Waals surface area contributed by atoms with Gasteiger partial charge in [-0.2, -0.15) is 0 Å². The Morgan fingerprint density at radius 1 is 0.800 bits per heavy atom. The Balaban J connectivity index is 1.37. The van der Waals surface area contributed by atoms with Crippen LogP contribution in [0.3, 0.4) is 0 Å². The number of nitrogens with one attached hydrogen (secondary N) is 3. The first-order chi connectivity index (χ1) is 17.2. The van der Waals surface area contributed by atoms with E-state index in [2.05, 4.69) is 15.6 Å². The van der Waals surface area contributed by atoms with Crippen LogP contribution in [0.1, 0.15) is 11.1 Å². The fraction of sp³-hybridized carbons (Fsp3) is 0.103. The zero-order valence-corrected chi connectivity index (χ0v) is 19.0. The second kappa shape index (κ2) is 10.1. The van der Waals surface area contributed by atoms with Gasteiger partial charge in [0.2, 0.25) is 5.91 Å². The molecule has 5 aromatic rings. The predicted molar refractivity (Wildman–Crippen MR) is 138 cm³/mol. The molecule has 0 fully saturated rings. The van der Waals surface area contributed by atoms with Gasteiger partial charge >= 0.3 is 6.09 Å². The van der Waals surface area contributed by atoms with E-state index < -0.39 is 12.1 Å². The second-order valence-electron chi connectivity index (χ2n) is 8.34. The Labute approximate surface area is 202 Å². The van der Waals surface area contributed by atoms with Crippen LogP contribution in [0.4, 0.5) is 10.5 Å². The van der Waals surface area contributed by atoms with E-state index in [4.69, 9.17) is 4.74 Å². The minimum Gasteiger partial charge on any atom is -0.445 e. The molecule has 4 aromatic carbocycles. The van der Waals surface area contributed by atoms with E-state index in [1.807, 2.05) is 103 Å². The van der Waals surface area contributed by atoms with Gasteiger partial charge in [0.25, 0.3) is 0 Å². The van der Waals surface area contributed by atoms with Gasteiger partial charge in [-0.1, -0.05) is 84.9 Å². The number of carbonyl (C=O) groups is 2. The number of anilines is 1. The van der Waals surface area contributed by atoms with E-state index in [1.54, 1.807) is 0 Å². The minimum atomic E-state index is -0.837. The number of aromatic nitrogens is 1.